The molecule has 1 saturated carbocycles. The van der Waals surface area contributed by atoms with E-state index in [9.17, 15) is 22.8 Å². The van der Waals surface area contributed by atoms with E-state index in [0.717, 1.165) is 6.42 Å². The van der Waals surface area contributed by atoms with Crippen LogP contribution >= 0.6 is 0 Å². The third-order valence-electron chi connectivity index (χ3n) is 3.68. The van der Waals surface area contributed by atoms with Crippen LogP contribution < -0.4 is 5.73 Å². The van der Waals surface area contributed by atoms with Crippen molar-refractivity contribution in [1.29, 1.82) is 0 Å². The number of halogens is 3. The highest BCUT2D eigenvalue weighted by molar-refractivity contribution is 5.97. The SMILES string of the molecule is NC(=O)C1CC2CC2N1C(=O)c1cc(C(F)(F)F)on1. The molecule has 2 N–H and O–H groups in total. The minimum atomic E-state index is -4.71. The summed E-state index contributed by atoms with van der Waals surface area (Å²) in [6.45, 7) is 0. The molecule has 3 atom stereocenters. The zero-order chi connectivity index (χ0) is 14.7. The number of hydrogen-bond acceptors (Lipinski definition) is 4. The van der Waals surface area contributed by atoms with E-state index in [4.69, 9.17) is 5.73 Å². The van der Waals surface area contributed by atoms with Gasteiger partial charge in [-0.15, -0.1) is 0 Å². The molecular formula is C11H10F3N3O3. The van der Waals surface area contributed by atoms with Gasteiger partial charge in [0.05, 0.1) is 0 Å². The molecule has 1 aromatic heterocycles. The maximum Gasteiger partial charge on any atom is 0.452 e. The second-order valence-corrected chi connectivity index (χ2v) is 5.00. The number of hydrogen-bond donors (Lipinski definition) is 1. The van der Waals surface area contributed by atoms with Gasteiger partial charge in [-0.2, -0.15) is 13.2 Å². The Morgan fingerprint density at radius 3 is 2.65 bits per heavy atom. The summed E-state index contributed by atoms with van der Waals surface area (Å²) in [6, 6.07) is -0.376. The van der Waals surface area contributed by atoms with Crippen LogP contribution in [0.1, 0.15) is 29.1 Å². The molecule has 0 spiro atoms. The summed E-state index contributed by atoms with van der Waals surface area (Å²) in [6.07, 6.45) is -3.52. The van der Waals surface area contributed by atoms with Crippen molar-refractivity contribution in [3.05, 3.63) is 17.5 Å². The number of likely N-dealkylation sites (tertiary alicyclic amines) is 1. The Morgan fingerprint density at radius 1 is 1.40 bits per heavy atom. The first-order chi connectivity index (χ1) is 9.29. The number of piperidine rings is 1. The van der Waals surface area contributed by atoms with Crippen LogP contribution in [0.5, 0.6) is 0 Å². The van der Waals surface area contributed by atoms with E-state index in [1.54, 1.807) is 0 Å². The summed E-state index contributed by atoms with van der Waals surface area (Å²) in [5.74, 6) is -2.56. The predicted octanol–water partition coefficient (Wildman–Crippen LogP) is 0.782. The molecule has 3 unspecified atom stereocenters. The number of alkyl halides is 3. The zero-order valence-corrected chi connectivity index (χ0v) is 10.1. The third kappa shape index (κ3) is 1.93. The maximum atomic E-state index is 12.4. The Kier molecular flexibility index (Phi) is 2.57. The standard InChI is InChI=1S/C11H10F3N3O3/c12-11(13,14)8-3-5(16-20-8)10(19)17-6-1-4(6)2-7(17)9(15)18/h3-4,6-7H,1-2H2,(H2,15,18). The van der Waals surface area contributed by atoms with Gasteiger partial charge in [-0.25, -0.2) is 0 Å². The molecule has 6 nitrogen and oxygen atoms in total. The average molecular weight is 289 g/mol. The first-order valence-electron chi connectivity index (χ1n) is 5.95. The quantitative estimate of drug-likeness (QED) is 0.871. The largest absolute Gasteiger partial charge is 0.452 e. The third-order valence-corrected chi connectivity index (χ3v) is 3.68. The summed E-state index contributed by atoms with van der Waals surface area (Å²) in [5, 5.41) is 3.14. The fourth-order valence-electron chi connectivity index (χ4n) is 2.64. The van der Waals surface area contributed by atoms with Gasteiger partial charge in [0.1, 0.15) is 6.04 Å². The van der Waals surface area contributed by atoms with Crippen LogP contribution in [-0.4, -0.2) is 34.0 Å². The van der Waals surface area contributed by atoms with Crippen molar-refractivity contribution >= 4 is 11.8 Å². The van der Waals surface area contributed by atoms with Crippen LogP contribution in [0.2, 0.25) is 0 Å². The lowest BCUT2D eigenvalue weighted by molar-refractivity contribution is -0.155. The van der Waals surface area contributed by atoms with E-state index in [-0.39, 0.29) is 12.0 Å². The van der Waals surface area contributed by atoms with E-state index in [2.05, 4.69) is 9.68 Å². The Balaban J connectivity index is 1.85. The van der Waals surface area contributed by atoms with Crippen LogP contribution in [-0.2, 0) is 11.0 Å². The van der Waals surface area contributed by atoms with Crippen LogP contribution in [0.25, 0.3) is 0 Å². The van der Waals surface area contributed by atoms with Gasteiger partial charge in [0.2, 0.25) is 11.7 Å². The summed E-state index contributed by atoms with van der Waals surface area (Å²) >= 11 is 0. The average Bonchev–Trinajstić information content (AvgIpc) is 2.80. The summed E-state index contributed by atoms with van der Waals surface area (Å²) in [4.78, 5) is 24.7. The van der Waals surface area contributed by atoms with Gasteiger partial charge >= 0.3 is 6.18 Å². The van der Waals surface area contributed by atoms with Gasteiger partial charge in [0.25, 0.3) is 5.91 Å². The van der Waals surface area contributed by atoms with Crippen molar-refractivity contribution in [1.82, 2.24) is 10.1 Å². The van der Waals surface area contributed by atoms with Crippen LogP contribution in [0.15, 0.2) is 10.6 Å². The zero-order valence-electron chi connectivity index (χ0n) is 10.1. The molecule has 0 aromatic carbocycles. The van der Waals surface area contributed by atoms with Gasteiger partial charge in [0.15, 0.2) is 5.69 Å². The van der Waals surface area contributed by atoms with Crippen LogP contribution in [0, 0.1) is 5.92 Å². The van der Waals surface area contributed by atoms with E-state index in [1.807, 2.05) is 0 Å². The monoisotopic (exact) mass is 289 g/mol. The minimum absolute atomic E-state index is 0.133. The fraction of sp³-hybridized carbons (Fsp3) is 0.545. The topological polar surface area (TPSA) is 89.4 Å². The number of primary amides is 1. The van der Waals surface area contributed by atoms with Crippen molar-refractivity contribution in [2.24, 2.45) is 11.7 Å². The van der Waals surface area contributed by atoms with Crippen molar-refractivity contribution in [3.8, 4) is 0 Å². The molecule has 2 heterocycles. The fourth-order valence-corrected chi connectivity index (χ4v) is 2.64. The summed E-state index contributed by atoms with van der Waals surface area (Å²) < 4.78 is 41.3. The summed E-state index contributed by atoms with van der Waals surface area (Å²) in [5.41, 5.74) is 4.74. The van der Waals surface area contributed by atoms with Crippen molar-refractivity contribution in [2.45, 2.75) is 31.1 Å². The van der Waals surface area contributed by atoms with Crippen molar-refractivity contribution < 1.29 is 27.3 Å². The molecule has 3 rings (SSSR count). The molecule has 1 aliphatic heterocycles. The highest BCUT2D eigenvalue weighted by Gasteiger charge is 2.56. The molecule has 2 fully saturated rings. The number of carbonyl (C=O) groups excluding carboxylic acids is 2. The first-order valence-corrected chi connectivity index (χ1v) is 5.95. The van der Waals surface area contributed by atoms with Crippen molar-refractivity contribution in [2.75, 3.05) is 0 Å². The number of nitrogens with zero attached hydrogens (tertiary/aromatic N) is 2. The maximum absolute atomic E-state index is 12.4. The number of amides is 2. The molecule has 9 heteroatoms. The molecule has 1 aliphatic carbocycles. The molecule has 0 bridgehead atoms. The van der Waals surface area contributed by atoms with Gasteiger partial charge in [-0.1, -0.05) is 5.16 Å². The number of carbonyl (C=O) groups is 2. The van der Waals surface area contributed by atoms with Gasteiger partial charge in [-0.05, 0) is 18.8 Å². The number of fused-ring (bicyclic) bond motifs is 1. The summed E-state index contributed by atoms with van der Waals surface area (Å²) in [7, 11) is 0. The number of aromatic nitrogens is 1. The smallest absolute Gasteiger partial charge is 0.368 e. The molecule has 1 aromatic rings. The molecule has 108 valence electrons. The highest BCUT2D eigenvalue weighted by Crippen LogP contribution is 2.48. The highest BCUT2D eigenvalue weighted by atomic mass is 19.4. The lowest BCUT2D eigenvalue weighted by Crippen LogP contribution is -2.46. The molecular weight excluding hydrogens is 279 g/mol. The number of rotatable bonds is 2. The minimum Gasteiger partial charge on any atom is -0.368 e. The van der Waals surface area contributed by atoms with Gasteiger partial charge in [-0.3, -0.25) is 9.59 Å². The molecule has 2 aliphatic rings. The molecule has 1 saturated heterocycles. The Bertz CT molecular complexity index is 583. The molecule has 0 radical (unpaired) electrons. The Morgan fingerprint density at radius 2 is 2.10 bits per heavy atom. The van der Waals surface area contributed by atoms with E-state index < -0.39 is 35.5 Å². The lowest BCUT2D eigenvalue weighted by Gasteiger charge is -2.23. The second kappa shape index (κ2) is 3.97. The van der Waals surface area contributed by atoms with Crippen LogP contribution in [0.4, 0.5) is 13.2 Å². The predicted molar refractivity (Wildman–Crippen MR) is 57.2 cm³/mol. The van der Waals surface area contributed by atoms with E-state index in [0.29, 0.717) is 12.5 Å². The van der Waals surface area contributed by atoms with Gasteiger partial charge < -0.3 is 15.2 Å². The molecule has 20 heavy (non-hydrogen) atoms. The lowest BCUT2D eigenvalue weighted by atomic mass is 10.1. The Labute approximate surface area is 110 Å². The van der Waals surface area contributed by atoms with Crippen LogP contribution in [0.3, 0.4) is 0 Å². The van der Waals surface area contributed by atoms with E-state index in [1.165, 1.54) is 4.90 Å². The van der Waals surface area contributed by atoms with E-state index >= 15 is 0 Å². The normalized spacial score (nSPS) is 28.4. The van der Waals surface area contributed by atoms with Gasteiger partial charge in [0, 0.05) is 12.1 Å². The van der Waals surface area contributed by atoms with Crippen molar-refractivity contribution in [3.63, 3.8) is 0 Å². The Hall–Kier alpha value is -2.06. The first kappa shape index (κ1) is 12.9. The number of nitrogens with two attached hydrogens (primary N) is 1. The molecule has 2 amide bonds. The second-order valence-electron chi connectivity index (χ2n) is 5.00.